The number of pyridine rings is 1. The maximum Gasteiger partial charge on any atom is 0.274 e. The minimum atomic E-state index is -1.88. The van der Waals surface area contributed by atoms with E-state index in [1.54, 1.807) is 37.5 Å². The number of likely N-dealkylation sites (tertiary alicyclic amines) is 1. The van der Waals surface area contributed by atoms with Crippen molar-refractivity contribution in [2.45, 2.75) is 25.4 Å². The van der Waals surface area contributed by atoms with Crippen LogP contribution >= 0.6 is 0 Å². The zero-order chi connectivity index (χ0) is 18.1. The van der Waals surface area contributed by atoms with Gasteiger partial charge in [-0.1, -0.05) is 5.16 Å². The van der Waals surface area contributed by atoms with E-state index < -0.39 is 5.67 Å². The number of H-pyrrole nitrogens is 1. The third-order valence-electron chi connectivity index (χ3n) is 4.40. The highest BCUT2D eigenvalue weighted by Crippen LogP contribution is 2.35. The molecule has 1 fully saturated rings. The first kappa shape index (κ1) is 16.4. The van der Waals surface area contributed by atoms with Crippen molar-refractivity contribution in [1.82, 2.24) is 30.2 Å². The number of nitrogens with zero attached hydrogens (tertiary/aromatic N) is 5. The molecular weight excluding hydrogens is 339 g/mol. The predicted octanol–water partition coefficient (Wildman–Crippen LogP) is 2.26. The number of aryl methyl sites for hydroxylation is 1. The molecule has 1 aliphatic rings. The second kappa shape index (κ2) is 6.32. The number of rotatable bonds is 3. The molecule has 0 radical (unpaired) electrons. The van der Waals surface area contributed by atoms with Gasteiger partial charge in [-0.15, -0.1) is 0 Å². The van der Waals surface area contributed by atoms with Crippen molar-refractivity contribution >= 4 is 5.91 Å². The van der Waals surface area contributed by atoms with E-state index in [2.05, 4.69) is 25.3 Å². The van der Waals surface area contributed by atoms with Gasteiger partial charge in [-0.25, -0.2) is 4.39 Å². The van der Waals surface area contributed by atoms with Gasteiger partial charge in [0.2, 0.25) is 11.5 Å². The largest absolute Gasteiger partial charge is 0.335 e. The third kappa shape index (κ3) is 2.96. The molecule has 1 aliphatic heterocycles. The Kier molecular flexibility index (Phi) is 3.98. The van der Waals surface area contributed by atoms with Gasteiger partial charge in [0.15, 0.2) is 0 Å². The lowest BCUT2D eigenvalue weighted by Gasteiger charge is -2.34. The maximum atomic E-state index is 15.5. The molecule has 1 N–H and O–H groups in total. The van der Waals surface area contributed by atoms with Crippen LogP contribution in [0, 0.1) is 6.92 Å². The number of amides is 1. The molecule has 3 aromatic rings. The van der Waals surface area contributed by atoms with Crippen molar-refractivity contribution in [1.29, 1.82) is 0 Å². The first-order valence-electron chi connectivity index (χ1n) is 8.30. The number of nitrogens with one attached hydrogen (secondary N) is 1. The van der Waals surface area contributed by atoms with Crippen LogP contribution in [-0.2, 0) is 5.67 Å². The van der Waals surface area contributed by atoms with Crippen LogP contribution in [0.15, 0.2) is 35.1 Å². The summed E-state index contributed by atoms with van der Waals surface area (Å²) in [7, 11) is 0. The van der Waals surface area contributed by atoms with Crippen LogP contribution in [0.1, 0.15) is 34.9 Å². The number of piperidine rings is 1. The SMILES string of the molecule is Cc1cc(C(=O)N2CCCC(F)(c3nc(-c4ccncc4)no3)C2)n[nH]1. The van der Waals surface area contributed by atoms with Crippen LogP contribution in [0.5, 0.6) is 0 Å². The number of alkyl halides is 1. The zero-order valence-electron chi connectivity index (χ0n) is 14.1. The van der Waals surface area contributed by atoms with Gasteiger partial charge in [0.25, 0.3) is 11.8 Å². The Morgan fingerprint density at radius 2 is 2.19 bits per heavy atom. The summed E-state index contributed by atoms with van der Waals surface area (Å²) in [6.07, 6.45) is 3.92. The molecule has 0 bridgehead atoms. The van der Waals surface area contributed by atoms with Crippen molar-refractivity contribution in [2.24, 2.45) is 0 Å². The predicted molar refractivity (Wildman–Crippen MR) is 88.8 cm³/mol. The van der Waals surface area contributed by atoms with Crippen LogP contribution in [0.25, 0.3) is 11.4 Å². The molecule has 1 unspecified atom stereocenters. The van der Waals surface area contributed by atoms with Crippen molar-refractivity contribution in [3.63, 3.8) is 0 Å². The van der Waals surface area contributed by atoms with Gasteiger partial charge >= 0.3 is 0 Å². The molecule has 26 heavy (non-hydrogen) atoms. The summed E-state index contributed by atoms with van der Waals surface area (Å²) in [5.74, 6) is -0.129. The summed E-state index contributed by atoms with van der Waals surface area (Å²) in [6.45, 7) is 2.12. The van der Waals surface area contributed by atoms with Crippen LogP contribution < -0.4 is 0 Å². The Morgan fingerprint density at radius 3 is 2.92 bits per heavy atom. The maximum absolute atomic E-state index is 15.5. The summed E-state index contributed by atoms with van der Waals surface area (Å²) in [4.78, 5) is 22.1. The lowest BCUT2D eigenvalue weighted by atomic mass is 9.94. The van der Waals surface area contributed by atoms with Gasteiger partial charge in [-0.2, -0.15) is 10.1 Å². The topological polar surface area (TPSA) is 101 Å². The van der Waals surface area contributed by atoms with E-state index in [4.69, 9.17) is 4.52 Å². The molecule has 134 valence electrons. The van der Waals surface area contributed by atoms with Gasteiger partial charge < -0.3 is 9.42 Å². The van der Waals surface area contributed by atoms with Crippen molar-refractivity contribution in [3.8, 4) is 11.4 Å². The first-order valence-corrected chi connectivity index (χ1v) is 8.30. The number of hydrogen-bond donors (Lipinski definition) is 1. The molecule has 8 nitrogen and oxygen atoms in total. The highest BCUT2D eigenvalue weighted by atomic mass is 19.1. The van der Waals surface area contributed by atoms with Crippen molar-refractivity contribution in [2.75, 3.05) is 13.1 Å². The number of aromatic nitrogens is 5. The van der Waals surface area contributed by atoms with E-state index in [1.807, 2.05) is 0 Å². The van der Waals surface area contributed by atoms with E-state index in [1.165, 1.54) is 4.90 Å². The van der Waals surface area contributed by atoms with Gasteiger partial charge in [0, 0.05) is 30.2 Å². The number of carbonyl (C=O) groups excluding carboxylic acids is 1. The molecule has 4 rings (SSSR count). The lowest BCUT2D eigenvalue weighted by molar-refractivity contribution is 0.0149. The van der Waals surface area contributed by atoms with Crippen LogP contribution in [-0.4, -0.2) is 49.2 Å². The molecule has 1 amide bonds. The van der Waals surface area contributed by atoms with Gasteiger partial charge in [-0.05, 0) is 38.0 Å². The van der Waals surface area contributed by atoms with E-state index in [0.29, 0.717) is 24.4 Å². The summed E-state index contributed by atoms with van der Waals surface area (Å²) in [5.41, 5.74) is -0.141. The second-order valence-electron chi connectivity index (χ2n) is 6.39. The Bertz CT molecular complexity index is 924. The van der Waals surface area contributed by atoms with Gasteiger partial charge in [0.05, 0.1) is 6.54 Å². The van der Waals surface area contributed by atoms with Crippen LogP contribution in [0.2, 0.25) is 0 Å². The fourth-order valence-corrected chi connectivity index (χ4v) is 3.07. The van der Waals surface area contributed by atoms with Crippen LogP contribution in [0.3, 0.4) is 0 Å². The van der Waals surface area contributed by atoms with E-state index in [0.717, 1.165) is 5.69 Å². The fraction of sp³-hybridized carbons (Fsp3) is 0.353. The average Bonchev–Trinajstić information content (AvgIpc) is 3.32. The lowest BCUT2D eigenvalue weighted by Crippen LogP contribution is -2.46. The molecule has 0 aromatic carbocycles. The summed E-state index contributed by atoms with van der Waals surface area (Å²) >= 11 is 0. The molecule has 9 heteroatoms. The second-order valence-corrected chi connectivity index (χ2v) is 6.39. The number of carbonyl (C=O) groups is 1. The zero-order valence-corrected chi connectivity index (χ0v) is 14.1. The molecule has 0 spiro atoms. The Labute approximate surface area is 148 Å². The number of hydrogen-bond acceptors (Lipinski definition) is 6. The highest BCUT2D eigenvalue weighted by Gasteiger charge is 2.44. The van der Waals surface area contributed by atoms with Crippen molar-refractivity contribution in [3.05, 3.63) is 47.9 Å². The molecule has 1 saturated heterocycles. The van der Waals surface area contributed by atoms with Gasteiger partial charge in [0.1, 0.15) is 5.69 Å². The Balaban J connectivity index is 1.56. The highest BCUT2D eigenvalue weighted by molar-refractivity contribution is 5.92. The van der Waals surface area contributed by atoms with E-state index >= 15 is 4.39 Å². The molecule has 4 heterocycles. The normalized spacial score (nSPS) is 20.3. The van der Waals surface area contributed by atoms with E-state index in [-0.39, 0.29) is 30.5 Å². The molecule has 0 aliphatic carbocycles. The Morgan fingerprint density at radius 1 is 1.38 bits per heavy atom. The molecular formula is C17H17FN6O2. The average molecular weight is 356 g/mol. The van der Waals surface area contributed by atoms with E-state index in [9.17, 15) is 4.79 Å². The molecule has 3 aromatic heterocycles. The summed E-state index contributed by atoms with van der Waals surface area (Å²) in [6, 6.07) is 5.08. The number of halogens is 1. The summed E-state index contributed by atoms with van der Waals surface area (Å²) < 4.78 is 20.7. The summed E-state index contributed by atoms with van der Waals surface area (Å²) in [5, 5.41) is 10.5. The minimum Gasteiger partial charge on any atom is -0.335 e. The fourth-order valence-electron chi connectivity index (χ4n) is 3.07. The van der Waals surface area contributed by atoms with Gasteiger partial charge in [-0.3, -0.25) is 14.9 Å². The molecule has 0 saturated carbocycles. The molecule has 1 atom stereocenters. The van der Waals surface area contributed by atoms with Crippen molar-refractivity contribution < 1.29 is 13.7 Å². The van der Waals surface area contributed by atoms with Crippen LogP contribution in [0.4, 0.5) is 4.39 Å². The number of aromatic amines is 1. The first-order chi connectivity index (χ1) is 12.5. The Hall–Kier alpha value is -3.10. The quantitative estimate of drug-likeness (QED) is 0.772. The monoisotopic (exact) mass is 356 g/mol. The third-order valence-corrected chi connectivity index (χ3v) is 4.40. The standard InChI is InChI=1S/C17H17FN6O2/c1-11-9-13(22-21-11)15(25)24-8-2-5-17(18,10-24)16-20-14(23-26-16)12-3-6-19-7-4-12/h3-4,6-7,9H,2,5,8,10H2,1H3,(H,21,22). The minimum absolute atomic E-state index is 0.111. The smallest absolute Gasteiger partial charge is 0.274 e.